The molecule has 0 saturated carbocycles. The van der Waals surface area contributed by atoms with Gasteiger partial charge in [0.2, 0.25) is 0 Å². The Kier molecular flexibility index (Phi) is 4.85. The topological polar surface area (TPSA) is 67.3 Å². The second kappa shape index (κ2) is 6.50. The number of aromatic nitrogens is 1. The highest BCUT2D eigenvalue weighted by Gasteiger charge is 2.20. The number of rotatable bonds is 4. The highest BCUT2D eigenvalue weighted by molar-refractivity contribution is 7.90. The molecule has 0 radical (unpaired) electrons. The lowest BCUT2D eigenvalue weighted by atomic mass is 10.1. The average Bonchev–Trinajstić information content (AvgIpc) is 2.52. The van der Waals surface area contributed by atoms with Crippen LogP contribution in [0.25, 0.3) is 0 Å². The third kappa shape index (κ3) is 3.96. The van der Waals surface area contributed by atoms with Crippen LogP contribution in [0.5, 0.6) is 0 Å². The van der Waals surface area contributed by atoms with Crippen LogP contribution in [0.2, 0.25) is 0 Å². The van der Waals surface area contributed by atoms with Gasteiger partial charge in [-0.3, -0.25) is 4.79 Å². The lowest BCUT2D eigenvalue weighted by Gasteiger charge is -2.25. The van der Waals surface area contributed by atoms with Crippen LogP contribution < -0.4 is 0 Å². The van der Waals surface area contributed by atoms with Gasteiger partial charge in [0, 0.05) is 19.0 Å². The number of pyridine rings is 1. The molecule has 2 aromatic rings. The van der Waals surface area contributed by atoms with E-state index in [4.69, 9.17) is 0 Å². The van der Waals surface area contributed by atoms with Crippen LogP contribution in [0.4, 0.5) is 0 Å². The molecule has 0 aliphatic rings. The fourth-order valence-corrected chi connectivity index (χ4v) is 2.87. The van der Waals surface area contributed by atoms with E-state index in [2.05, 4.69) is 4.98 Å². The number of hydrogen-bond acceptors (Lipinski definition) is 4. The molecule has 1 aromatic heterocycles. The molecule has 0 spiro atoms. The molecule has 1 heterocycles. The van der Waals surface area contributed by atoms with Gasteiger partial charge in [-0.05, 0) is 43.7 Å². The molecule has 0 N–H and O–H groups in total. The summed E-state index contributed by atoms with van der Waals surface area (Å²) in [4.78, 5) is 18.6. The van der Waals surface area contributed by atoms with Crippen molar-refractivity contribution in [2.75, 3.05) is 13.3 Å². The molecule has 0 saturated heterocycles. The van der Waals surface area contributed by atoms with Crippen LogP contribution in [0, 0.1) is 6.92 Å². The summed E-state index contributed by atoms with van der Waals surface area (Å²) in [5.74, 6) is -0.173. The Morgan fingerprint density at radius 1 is 1.13 bits per heavy atom. The highest BCUT2D eigenvalue weighted by atomic mass is 32.2. The van der Waals surface area contributed by atoms with E-state index in [-0.39, 0.29) is 16.8 Å². The van der Waals surface area contributed by atoms with Gasteiger partial charge in [0.15, 0.2) is 9.84 Å². The molecule has 0 aliphatic heterocycles. The normalized spacial score (nSPS) is 12.7. The molecule has 6 heteroatoms. The molecule has 0 aliphatic carbocycles. The predicted molar refractivity (Wildman–Crippen MR) is 89.0 cm³/mol. The summed E-state index contributed by atoms with van der Waals surface area (Å²) in [6, 6.07) is 11.7. The van der Waals surface area contributed by atoms with Gasteiger partial charge in [-0.2, -0.15) is 0 Å². The van der Waals surface area contributed by atoms with Crippen molar-refractivity contribution in [2.24, 2.45) is 0 Å². The summed E-state index contributed by atoms with van der Waals surface area (Å²) >= 11 is 0. The van der Waals surface area contributed by atoms with Crippen molar-refractivity contribution in [3.05, 3.63) is 59.4 Å². The van der Waals surface area contributed by atoms with Crippen LogP contribution in [-0.4, -0.2) is 37.5 Å². The van der Waals surface area contributed by atoms with Crippen LogP contribution >= 0.6 is 0 Å². The molecule has 1 amide bonds. The third-order valence-corrected chi connectivity index (χ3v) is 4.93. The number of aryl methyl sites for hydroxylation is 1. The monoisotopic (exact) mass is 332 g/mol. The second-order valence-corrected chi connectivity index (χ2v) is 7.61. The van der Waals surface area contributed by atoms with Gasteiger partial charge in [0.25, 0.3) is 5.91 Å². The first-order chi connectivity index (χ1) is 10.7. The molecule has 0 unspecified atom stereocenters. The Hall–Kier alpha value is -2.21. The van der Waals surface area contributed by atoms with Gasteiger partial charge in [-0.15, -0.1) is 0 Å². The first-order valence-corrected chi connectivity index (χ1v) is 9.10. The zero-order valence-electron chi connectivity index (χ0n) is 13.6. The zero-order valence-corrected chi connectivity index (χ0v) is 14.5. The molecule has 1 aromatic carbocycles. The number of benzene rings is 1. The number of carbonyl (C=O) groups excluding carboxylic acids is 1. The van der Waals surface area contributed by atoms with Crippen molar-refractivity contribution < 1.29 is 13.2 Å². The summed E-state index contributed by atoms with van der Waals surface area (Å²) < 4.78 is 23.0. The maximum absolute atomic E-state index is 12.5. The summed E-state index contributed by atoms with van der Waals surface area (Å²) in [6.07, 6.45) is 1.17. The van der Waals surface area contributed by atoms with Gasteiger partial charge in [0.05, 0.1) is 10.9 Å². The Bertz CT molecular complexity index is 814. The van der Waals surface area contributed by atoms with Gasteiger partial charge >= 0.3 is 0 Å². The smallest absolute Gasteiger partial charge is 0.272 e. The highest BCUT2D eigenvalue weighted by Crippen LogP contribution is 2.22. The first kappa shape index (κ1) is 17.1. The summed E-state index contributed by atoms with van der Waals surface area (Å²) in [6.45, 7) is 3.73. The Morgan fingerprint density at radius 3 is 2.26 bits per heavy atom. The minimum absolute atomic E-state index is 0.173. The molecule has 23 heavy (non-hydrogen) atoms. The van der Waals surface area contributed by atoms with Gasteiger partial charge in [-0.1, -0.05) is 18.2 Å². The minimum Gasteiger partial charge on any atom is -0.334 e. The molecule has 5 nitrogen and oxygen atoms in total. The Balaban J connectivity index is 2.22. The molecule has 0 bridgehead atoms. The lowest BCUT2D eigenvalue weighted by Crippen LogP contribution is -2.30. The summed E-state index contributed by atoms with van der Waals surface area (Å²) in [5.41, 5.74) is 2.04. The van der Waals surface area contributed by atoms with Crippen LogP contribution in [0.15, 0.2) is 47.4 Å². The number of hydrogen-bond donors (Lipinski definition) is 0. The van der Waals surface area contributed by atoms with Crippen molar-refractivity contribution in [1.82, 2.24) is 9.88 Å². The Morgan fingerprint density at radius 2 is 1.74 bits per heavy atom. The fraction of sp³-hybridized carbons (Fsp3) is 0.294. The van der Waals surface area contributed by atoms with E-state index in [0.717, 1.165) is 11.3 Å². The van der Waals surface area contributed by atoms with E-state index in [0.29, 0.717) is 5.69 Å². The zero-order chi connectivity index (χ0) is 17.2. The molecule has 2 rings (SSSR count). The summed E-state index contributed by atoms with van der Waals surface area (Å²) in [5, 5.41) is 0. The van der Waals surface area contributed by atoms with Gasteiger partial charge < -0.3 is 4.90 Å². The average molecular weight is 332 g/mol. The van der Waals surface area contributed by atoms with Crippen LogP contribution in [0.1, 0.15) is 34.7 Å². The number of carbonyl (C=O) groups is 1. The van der Waals surface area contributed by atoms with Crippen molar-refractivity contribution in [1.29, 1.82) is 0 Å². The van der Waals surface area contributed by atoms with E-state index in [1.54, 1.807) is 48.3 Å². The molecule has 122 valence electrons. The van der Waals surface area contributed by atoms with Gasteiger partial charge in [0.1, 0.15) is 5.69 Å². The third-order valence-electron chi connectivity index (χ3n) is 3.80. The molecule has 0 fully saturated rings. The van der Waals surface area contributed by atoms with E-state index < -0.39 is 9.84 Å². The summed E-state index contributed by atoms with van der Waals surface area (Å²) in [7, 11) is -1.51. The van der Waals surface area contributed by atoms with Gasteiger partial charge in [-0.25, -0.2) is 13.4 Å². The Labute approximate surface area is 136 Å². The predicted octanol–water partition coefficient (Wildman–Crippen LogP) is 2.63. The van der Waals surface area contributed by atoms with Crippen LogP contribution in [0.3, 0.4) is 0 Å². The molecular weight excluding hydrogens is 312 g/mol. The fourth-order valence-electron chi connectivity index (χ4n) is 2.24. The van der Waals surface area contributed by atoms with E-state index in [1.165, 1.54) is 6.26 Å². The minimum atomic E-state index is -3.22. The van der Waals surface area contributed by atoms with E-state index in [9.17, 15) is 13.2 Å². The lowest BCUT2D eigenvalue weighted by molar-refractivity contribution is 0.0736. The maximum atomic E-state index is 12.5. The number of nitrogens with zero attached hydrogens (tertiary/aromatic N) is 2. The van der Waals surface area contributed by atoms with Crippen molar-refractivity contribution in [3.63, 3.8) is 0 Å². The van der Waals surface area contributed by atoms with Crippen molar-refractivity contribution in [3.8, 4) is 0 Å². The number of sulfone groups is 1. The first-order valence-electron chi connectivity index (χ1n) is 7.21. The molecule has 1 atom stereocenters. The van der Waals surface area contributed by atoms with Crippen LogP contribution in [-0.2, 0) is 9.84 Å². The molecular formula is C17H20N2O3S. The van der Waals surface area contributed by atoms with Crippen molar-refractivity contribution in [2.45, 2.75) is 24.8 Å². The SMILES string of the molecule is Cc1cccc(C(=O)N(C)[C@@H](C)c2ccc(S(C)(=O)=O)cc2)n1. The standard InChI is InChI=1S/C17H20N2O3S/c1-12-6-5-7-16(18-12)17(20)19(3)13(2)14-8-10-15(11-9-14)23(4,21)22/h5-11,13H,1-4H3/t13-/m0/s1. The van der Waals surface area contributed by atoms with E-state index in [1.807, 2.05) is 19.9 Å². The quantitative estimate of drug-likeness (QED) is 0.863. The number of amides is 1. The maximum Gasteiger partial charge on any atom is 0.272 e. The largest absolute Gasteiger partial charge is 0.334 e. The van der Waals surface area contributed by atoms with E-state index >= 15 is 0 Å². The second-order valence-electron chi connectivity index (χ2n) is 5.60. The van der Waals surface area contributed by atoms with Crippen molar-refractivity contribution >= 4 is 15.7 Å².